The third-order valence-electron chi connectivity index (χ3n) is 4.67. The van der Waals surface area contributed by atoms with Crippen molar-refractivity contribution in [1.29, 1.82) is 0 Å². The molecule has 0 atom stereocenters. The number of nitrogens with one attached hydrogen (secondary N) is 2. The van der Waals surface area contributed by atoms with Crippen LogP contribution >= 0.6 is 11.3 Å². The van der Waals surface area contributed by atoms with Crippen molar-refractivity contribution in [2.24, 2.45) is 0 Å². The van der Waals surface area contributed by atoms with E-state index in [1.807, 2.05) is 0 Å². The molecule has 3 aromatic rings. The molecule has 0 unspecified atom stereocenters. The zero-order chi connectivity index (χ0) is 24.8. The summed E-state index contributed by atoms with van der Waals surface area (Å²) >= 11 is 1.06. The lowest BCUT2D eigenvalue weighted by Gasteiger charge is -2.26. The first-order valence-corrected chi connectivity index (χ1v) is 11.0. The highest BCUT2D eigenvalue weighted by molar-refractivity contribution is 7.18. The predicted molar refractivity (Wildman–Crippen MR) is 118 cm³/mol. The Bertz CT molecular complexity index is 1190. The highest BCUT2D eigenvalue weighted by Gasteiger charge is 2.32. The molecule has 4 rings (SSSR count). The molecule has 1 fully saturated rings. The van der Waals surface area contributed by atoms with Gasteiger partial charge in [-0.3, -0.25) is 19.8 Å². The van der Waals surface area contributed by atoms with Gasteiger partial charge in [0.1, 0.15) is 6.33 Å². The summed E-state index contributed by atoms with van der Waals surface area (Å²) < 4.78 is 47.8. The molecule has 2 N–H and O–H groups in total. The van der Waals surface area contributed by atoms with Gasteiger partial charge in [-0.25, -0.2) is 9.97 Å². The van der Waals surface area contributed by atoms with Crippen molar-refractivity contribution in [3.63, 3.8) is 0 Å². The molecule has 1 saturated heterocycles. The Kier molecular flexibility index (Phi) is 7.48. The van der Waals surface area contributed by atoms with Gasteiger partial charge in [0.25, 0.3) is 5.91 Å². The van der Waals surface area contributed by atoms with E-state index in [-0.39, 0.29) is 22.9 Å². The fourth-order valence-electron chi connectivity index (χ4n) is 3.10. The van der Waals surface area contributed by atoms with E-state index in [1.165, 1.54) is 18.7 Å². The van der Waals surface area contributed by atoms with E-state index in [2.05, 4.69) is 35.5 Å². The summed E-state index contributed by atoms with van der Waals surface area (Å²) in [4.78, 5) is 34.7. The number of anilines is 2. The van der Waals surface area contributed by atoms with Crippen molar-refractivity contribution in [1.82, 2.24) is 25.1 Å². The highest BCUT2D eigenvalue weighted by Crippen LogP contribution is 2.32. The standard InChI is InChI=1S/C20H18F3N7O4S/c21-20(22,23)34-15-2-1-12(7-14(15)26-16(31)10-30-3-5-33-6-4-30)17(32)27-19-29-28-18(35-19)13-8-24-11-25-9-13/h1-2,7-9,11H,3-6,10H2,(H,26,31)(H,27,29,32). The molecular weight excluding hydrogens is 491 g/mol. The van der Waals surface area contributed by atoms with Crippen LogP contribution < -0.4 is 15.4 Å². The molecule has 2 amide bonds. The summed E-state index contributed by atoms with van der Waals surface area (Å²) in [6.45, 7) is 1.88. The topological polar surface area (TPSA) is 131 Å². The van der Waals surface area contributed by atoms with Crippen molar-refractivity contribution in [3.8, 4) is 16.3 Å². The van der Waals surface area contributed by atoms with Gasteiger partial charge >= 0.3 is 6.36 Å². The van der Waals surface area contributed by atoms with Crippen molar-refractivity contribution < 1.29 is 32.2 Å². The Morgan fingerprint density at radius 1 is 1.11 bits per heavy atom. The molecule has 0 bridgehead atoms. The molecule has 15 heteroatoms. The van der Waals surface area contributed by atoms with Crippen LogP contribution in [0.4, 0.5) is 24.0 Å². The zero-order valence-corrected chi connectivity index (χ0v) is 18.7. The molecule has 1 aliphatic rings. The summed E-state index contributed by atoms with van der Waals surface area (Å²) in [7, 11) is 0. The van der Waals surface area contributed by atoms with Gasteiger partial charge in [0, 0.05) is 36.6 Å². The van der Waals surface area contributed by atoms with Crippen molar-refractivity contribution in [3.05, 3.63) is 42.5 Å². The van der Waals surface area contributed by atoms with Crippen LogP contribution in [0.5, 0.6) is 5.75 Å². The Morgan fingerprint density at radius 3 is 2.57 bits per heavy atom. The number of hydrogen-bond acceptors (Lipinski definition) is 10. The second kappa shape index (κ2) is 10.7. The maximum atomic E-state index is 12.9. The largest absolute Gasteiger partial charge is 0.573 e. The number of carbonyl (C=O) groups is 2. The smallest absolute Gasteiger partial charge is 0.404 e. The molecule has 1 aliphatic heterocycles. The van der Waals surface area contributed by atoms with Crippen LogP contribution in [-0.2, 0) is 9.53 Å². The minimum absolute atomic E-state index is 0.0269. The number of nitrogens with zero attached hydrogens (tertiary/aromatic N) is 5. The number of alkyl halides is 3. The third-order valence-corrected chi connectivity index (χ3v) is 5.55. The molecule has 0 spiro atoms. The lowest BCUT2D eigenvalue weighted by atomic mass is 10.1. The molecule has 1 aromatic carbocycles. The van der Waals surface area contributed by atoms with E-state index in [0.717, 1.165) is 29.5 Å². The number of aromatic nitrogens is 4. The van der Waals surface area contributed by atoms with E-state index in [9.17, 15) is 22.8 Å². The number of carbonyl (C=O) groups excluding carboxylic acids is 2. The molecular formula is C20H18F3N7O4S. The van der Waals surface area contributed by atoms with Crippen LogP contribution in [0.25, 0.3) is 10.6 Å². The minimum Gasteiger partial charge on any atom is -0.404 e. The van der Waals surface area contributed by atoms with Crippen LogP contribution in [0.15, 0.2) is 36.9 Å². The van der Waals surface area contributed by atoms with Gasteiger partial charge in [0.15, 0.2) is 10.8 Å². The normalized spacial score (nSPS) is 14.4. The maximum Gasteiger partial charge on any atom is 0.573 e. The first-order valence-electron chi connectivity index (χ1n) is 10.2. The van der Waals surface area contributed by atoms with Crippen LogP contribution in [-0.4, -0.2) is 76.1 Å². The lowest BCUT2D eigenvalue weighted by Crippen LogP contribution is -2.41. The number of rotatable bonds is 7. The van der Waals surface area contributed by atoms with Gasteiger partial charge in [-0.15, -0.1) is 23.4 Å². The van der Waals surface area contributed by atoms with Crippen molar-refractivity contribution >= 4 is 34.0 Å². The first kappa shape index (κ1) is 24.4. The molecule has 0 radical (unpaired) electrons. The number of ether oxygens (including phenoxy) is 2. The number of halogens is 3. The second-order valence-corrected chi connectivity index (χ2v) is 8.17. The number of morpholine rings is 1. The van der Waals surface area contributed by atoms with E-state index in [0.29, 0.717) is 36.9 Å². The van der Waals surface area contributed by atoms with Crippen molar-refractivity contribution in [2.75, 3.05) is 43.5 Å². The van der Waals surface area contributed by atoms with Gasteiger partial charge in [-0.05, 0) is 18.2 Å². The molecule has 11 nitrogen and oxygen atoms in total. The molecule has 35 heavy (non-hydrogen) atoms. The molecule has 2 aromatic heterocycles. The minimum atomic E-state index is -4.99. The Hall–Kier alpha value is -3.69. The van der Waals surface area contributed by atoms with E-state index in [4.69, 9.17) is 4.74 Å². The molecule has 0 aliphatic carbocycles. The summed E-state index contributed by atoms with van der Waals surface area (Å²) in [6.07, 6.45) is -0.566. The van der Waals surface area contributed by atoms with Gasteiger partial charge in [0.2, 0.25) is 11.0 Å². The van der Waals surface area contributed by atoms with Gasteiger partial charge in [-0.1, -0.05) is 11.3 Å². The summed E-state index contributed by atoms with van der Waals surface area (Å²) in [6, 6.07) is 3.20. The predicted octanol–water partition coefficient (Wildman–Crippen LogP) is 2.42. The Labute approximate surface area is 200 Å². The van der Waals surface area contributed by atoms with Gasteiger partial charge < -0.3 is 14.8 Å². The number of hydrogen-bond donors (Lipinski definition) is 2. The monoisotopic (exact) mass is 509 g/mol. The fraction of sp³-hybridized carbons (Fsp3) is 0.300. The van der Waals surface area contributed by atoms with Gasteiger partial charge in [0.05, 0.1) is 25.4 Å². The quantitative estimate of drug-likeness (QED) is 0.493. The average Bonchev–Trinajstić information content (AvgIpc) is 3.29. The Morgan fingerprint density at radius 2 is 1.86 bits per heavy atom. The maximum absolute atomic E-state index is 12.9. The second-order valence-electron chi connectivity index (χ2n) is 7.19. The Balaban J connectivity index is 1.49. The van der Waals surface area contributed by atoms with Crippen LogP contribution in [0.3, 0.4) is 0 Å². The van der Waals surface area contributed by atoms with E-state index in [1.54, 1.807) is 4.90 Å². The highest BCUT2D eigenvalue weighted by atomic mass is 32.1. The summed E-state index contributed by atoms with van der Waals surface area (Å²) in [5.41, 5.74) is 0.276. The van der Waals surface area contributed by atoms with Crippen molar-refractivity contribution in [2.45, 2.75) is 6.36 Å². The SMILES string of the molecule is O=C(CN1CCOCC1)Nc1cc(C(=O)Nc2nnc(-c3cncnc3)s2)ccc1OC(F)(F)F. The lowest BCUT2D eigenvalue weighted by molar-refractivity contribution is -0.274. The summed E-state index contributed by atoms with van der Waals surface area (Å²) in [5.74, 6) is -1.87. The number of benzene rings is 1. The fourth-order valence-corrected chi connectivity index (χ4v) is 3.82. The average molecular weight is 509 g/mol. The number of amides is 2. The van der Waals surface area contributed by atoms with E-state index >= 15 is 0 Å². The molecule has 3 heterocycles. The first-order chi connectivity index (χ1) is 16.8. The summed E-state index contributed by atoms with van der Waals surface area (Å²) in [5, 5.41) is 13.4. The van der Waals surface area contributed by atoms with Gasteiger partial charge in [-0.2, -0.15) is 0 Å². The van der Waals surface area contributed by atoms with Crippen LogP contribution in [0, 0.1) is 0 Å². The molecule has 184 valence electrons. The third kappa shape index (κ3) is 6.91. The van der Waals surface area contributed by atoms with Crippen LogP contribution in [0.2, 0.25) is 0 Å². The van der Waals surface area contributed by atoms with Crippen LogP contribution in [0.1, 0.15) is 10.4 Å². The van der Waals surface area contributed by atoms with E-state index < -0.39 is 23.9 Å². The zero-order valence-electron chi connectivity index (χ0n) is 17.9. The molecule has 0 saturated carbocycles.